The summed E-state index contributed by atoms with van der Waals surface area (Å²) in [6.07, 6.45) is 6.10. The Morgan fingerprint density at radius 1 is 1.29 bits per heavy atom. The van der Waals surface area contributed by atoms with Crippen molar-refractivity contribution in [3.8, 4) is 0 Å². The summed E-state index contributed by atoms with van der Waals surface area (Å²) in [6, 6.07) is 1.47. The molecule has 0 bridgehead atoms. The molecule has 1 N–H and O–H groups in total. The molecule has 1 aromatic heterocycles. The Labute approximate surface area is 170 Å². The molecule has 1 aliphatic rings. The zero-order valence-corrected chi connectivity index (χ0v) is 18.6. The average molecular weight is 413 g/mol. The van der Waals surface area contributed by atoms with E-state index in [0.29, 0.717) is 25.3 Å². The van der Waals surface area contributed by atoms with Crippen LogP contribution in [0.25, 0.3) is 0 Å². The van der Waals surface area contributed by atoms with Crippen molar-refractivity contribution in [1.82, 2.24) is 19.1 Å². The molecule has 160 valence electrons. The molecule has 0 aromatic carbocycles. The molecule has 28 heavy (non-hydrogen) atoms. The van der Waals surface area contributed by atoms with Crippen molar-refractivity contribution in [2.75, 3.05) is 39.3 Å². The zero-order valence-electron chi connectivity index (χ0n) is 17.8. The van der Waals surface area contributed by atoms with E-state index in [2.05, 4.69) is 17.1 Å². The lowest BCUT2D eigenvalue weighted by Crippen LogP contribution is -2.35. The number of nitrogens with zero attached hydrogens (tertiary/aromatic N) is 3. The maximum Gasteiger partial charge on any atom is 0.267 e. The van der Waals surface area contributed by atoms with E-state index in [4.69, 9.17) is 0 Å². The maximum atomic E-state index is 12.6. The first-order valence-corrected chi connectivity index (χ1v) is 11.9. The smallest absolute Gasteiger partial charge is 0.267 e. The molecule has 1 saturated heterocycles. The fourth-order valence-electron chi connectivity index (χ4n) is 3.86. The first-order valence-electron chi connectivity index (χ1n) is 10.5. The van der Waals surface area contributed by atoms with Gasteiger partial charge in [0.2, 0.25) is 10.0 Å². The standard InChI is InChI=1S/C20H36N4O3S/c1-5-24(6-2)28(26,27)18-14-19(22(4)16-18)20(25)21-11-7-8-12-23-13-9-10-17(3)15-23/h14,16-17H,5-13,15H2,1-4H3,(H,21,25). The van der Waals surface area contributed by atoms with E-state index in [1.165, 1.54) is 42.5 Å². The summed E-state index contributed by atoms with van der Waals surface area (Å²) in [6.45, 7) is 10.8. The molecule has 1 aromatic rings. The number of rotatable bonds is 10. The lowest BCUT2D eigenvalue weighted by Gasteiger charge is -2.30. The van der Waals surface area contributed by atoms with Crippen LogP contribution >= 0.6 is 0 Å². The largest absolute Gasteiger partial charge is 0.351 e. The number of sulfonamides is 1. The third-order valence-electron chi connectivity index (χ3n) is 5.48. The number of unbranched alkanes of at least 4 members (excludes halogenated alkanes) is 1. The highest BCUT2D eigenvalue weighted by Gasteiger charge is 2.25. The van der Waals surface area contributed by atoms with Gasteiger partial charge in [0.1, 0.15) is 10.6 Å². The lowest BCUT2D eigenvalue weighted by atomic mass is 10.0. The average Bonchev–Trinajstić information content (AvgIpc) is 3.05. The predicted octanol–water partition coefficient (Wildman–Crippen LogP) is 2.30. The minimum atomic E-state index is -3.56. The van der Waals surface area contributed by atoms with Crippen molar-refractivity contribution >= 4 is 15.9 Å². The highest BCUT2D eigenvalue weighted by molar-refractivity contribution is 7.89. The fraction of sp³-hybridized carbons (Fsp3) is 0.750. The third-order valence-corrected chi connectivity index (χ3v) is 7.50. The Morgan fingerprint density at radius 2 is 2.00 bits per heavy atom. The van der Waals surface area contributed by atoms with Gasteiger partial charge >= 0.3 is 0 Å². The quantitative estimate of drug-likeness (QED) is 0.599. The molecule has 0 saturated carbocycles. The summed E-state index contributed by atoms with van der Waals surface area (Å²) in [5, 5.41) is 2.92. The van der Waals surface area contributed by atoms with Gasteiger partial charge in [0.05, 0.1) is 0 Å². The molecule has 1 unspecified atom stereocenters. The Kier molecular flexibility index (Phi) is 8.52. The molecule has 1 amide bonds. The Hall–Kier alpha value is -1.38. The van der Waals surface area contributed by atoms with E-state index >= 15 is 0 Å². The van der Waals surface area contributed by atoms with Gasteiger partial charge < -0.3 is 14.8 Å². The zero-order chi connectivity index (χ0) is 20.7. The molecule has 0 aliphatic carbocycles. The molecule has 1 atom stereocenters. The van der Waals surface area contributed by atoms with Gasteiger partial charge in [-0.2, -0.15) is 4.31 Å². The number of aromatic nitrogens is 1. The van der Waals surface area contributed by atoms with Gasteiger partial charge in [-0.1, -0.05) is 20.8 Å². The van der Waals surface area contributed by atoms with Crippen molar-refractivity contribution < 1.29 is 13.2 Å². The van der Waals surface area contributed by atoms with Gasteiger partial charge in [-0.3, -0.25) is 4.79 Å². The minimum Gasteiger partial charge on any atom is -0.351 e. The summed E-state index contributed by atoms with van der Waals surface area (Å²) < 4.78 is 28.2. The number of aryl methyl sites for hydroxylation is 1. The predicted molar refractivity (Wildman–Crippen MR) is 112 cm³/mol. The first-order chi connectivity index (χ1) is 13.3. The first kappa shape index (κ1) is 22.9. The number of nitrogens with one attached hydrogen (secondary N) is 1. The number of likely N-dealkylation sites (tertiary alicyclic amines) is 1. The third kappa shape index (κ3) is 5.81. The highest BCUT2D eigenvalue weighted by atomic mass is 32.2. The fourth-order valence-corrected chi connectivity index (χ4v) is 5.39. The number of hydrogen-bond donors (Lipinski definition) is 1. The van der Waals surface area contributed by atoms with Crippen LogP contribution in [0.1, 0.15) is 56.9 Å². The van der Waals surface area contributed by atoms with Crippen molar-refractivity contribution in [2.45, 2.75) is 51.3 Å². The van der Waals surface area contributed by atoms with E-state index < -0.39 is 10.0 Å². The SMILES string of the molecule is CCN(CC)S(=O)(=O)c1cc(C(=O)NCCCCN2CCCC(C)C2)n(C)c1. The number of amides is 1. The molecule has 2 heterocycles. The lowest BCUT2D eigenvalue weighted by molar-refractivity contribution is 0.0944. The van der Waals surface area contributed by atoms with E-state index in [-0.39, 0.29) is 10.8 Å². The second kappa shape index (κ2) is 10.4. The van der Waals surface area contributed by atoms with Crippen LogP contribution in [0, 0.1) is 5.92 Å². The van der Waals surface area contributed by atoms with E-state index in [0.717, 1.165) is 25.3 Å². The molecule has 0 spiro atoms. The molecular weight excluding hydrogens is 376 g/mol. The summed E-state index contributed by atoms with van der Waals surface area (Å²) in [5.41, 5.74) is 0.371. The van der Waals surface area contributed by atoms with Crippen LogP contribution in [0.3, 0.4) is 0 Å². The number of piperidine rings is 1. The van der Waals surface area contributed by atoms with Crippen molar-refractivity contribution in [2.24, 2.45) is 13.0 Å². The molecule has 0 radical (unpaired) electrons. The van der Waals surface area contributed by atoms with Crippen LogP contribution < -0.4 is 5.32 Å². The van der Waals surface area contributed by atoms with Gasteiger partial charge in [-0.25, -0.2) is 8.42 Å². The van der Waals surface area contributed by atoms with Gasteiger partial charge in [0, 0.05) is 39.4 Å². The second-order valence-electron chi connectivity index (χ2n) is 7.77. The number of hydrogen-bond acceptors (Lipinski definition) is 4. The van der Waals surface area contributed by atoms with E-state index in [1.54, 1.807) is 11.6 Å². The maximum absolute atomic E-state index is 12.6. The van der Waals surface area contributed by atoms with Crippen LogP contribution in [-0.2, 0) is 17.1 Å². The molecule has 1 aliphatic heterocycles. The topological polar surface area (TPSA) is 74.7 Å². The normalized spacial score (nSPS) is 18.5. The summed E-state index contributed by atoms with van der Waals surface area (Å²) in [4.78, 5) is 15.2. The van der Waals surface area contributed by atoms with Crippen LogP contribution in [0.4, 0.5) is 0 Å². The van der Waals surface area contributed by atoms with Crippen LogP contribution in [0.5, 0.6) is 0 Å². The van der Waals surface area contributed by atoms with Crippen LogP contribution in [-0.4, -0.2) is 67.4 Å². The van der Waals surface area contributed by atoms with Gasteiger partial charge in [-0.15, -0.1) is 0 Å². The van der Waals surface area contributed by atoms with E-state index in [1.807, 2.05) is 13.8 Å². The number of carbonyl (C=O) groups excluding carboxylic acids is 1. The van der Waals surface area contributed by atoms with Crippen molar-refractivity contribution in [3.63, 3.8) is 0 Å². The van der Waals surface area contributed by atoms with E-state index in [9.17, 15) is 13.2 Å². The van der Waals surface area contributed by atoms with Gasteiger partial charge in [-0.05, 0) is 50.8 Å². The van der Waals surface area contributed by atoms with Crippen LogP contribution in [0.15, 0.2) is 17.2 Å². The van der Waals surface area contributed by atoms with Crippen molar-refractivity contribution in [1.29, 1.82) is 0 Å². The summed E-state index contributed by atoms with van der Waals surface area (Å²) in [7, 11) is -1.85. The summed E-state index contributed by atoms with van der Waals surface area (Å²) in [5.74, 6) is 0.558. The molecule has 2 rings (SSSR count). The monoisotopic (exact) mass is 412 g/mol. The minimum absolute atomic E-state index is 0.170. The highest BCUT2D eigenvalue weighted by Crippen LogP contribution is 2.18. The van der Waals surface area contributed by atoms with Gasteiger partial charge in [0.15, 0.2) is 0 Å². The Balaban J connectivity index is 1.83. The summed E-state index contributed by atoms with van der Waals surface area (Å²) >= 11 is 0. The Bertz CT molecular complexity index is 741. The molecule has 8 heteroatoms. The van der Waals surface area contributed by atoms with Gasteiger partial charge in [0.25, 0.3) is 5.91 Å². The second-order valence-corrected chi connectivity index (χ2v) is 9.71. The molecule has 7 nitrogen and oxygen atoms in total. The van der Waals surface area contributed by atoms with Crippen molar-refractivity contribution in [3.05, 3.63) is 18.0 Å². The Morgan fingerprint density at radius 3 is 2.64 bits per heavy atom. The molecular formula is C20H36N4O3S. The number of carbonyl (C=O) groups is 1. The molecule has 1 fully saturated rings. The van der Waals surface area contributed by atoms with Crippen LogP contribution in [0.2, 0.25) is 0 Å².